The molecule has 0 saturated heterocycles. The lowest BCUT2D eigenvalue weighted by Gasteiger charge is -2.15. The van der Waals surface area contributed by atoms with Crippen LogP contribution >= 0.6 is 22.6 Å². The highest BCUT2D eigenvalue weighted by Crippen LogP contribution is 2.26. The smallest absolute Gasteiger partial charge is 0.235 e. The van der Waals surface area contributed by atoms with Crippen LogP contribution in [0.5, 0.6) is 0 Å². The fourth-order valence-corrected chi connectivity index (χ4v) is 1.33. The molecule has 0 bridgehead atoms. The Bertz CT molecular complexity index is 275. The summed E-state index contributed by atoms with van der Waals surface area (Å²) in [6.45, 7) is 6.48. The number of anilines is 1. The van der Waals surface area contributed by atoms with Crippen LogP contribution in [0.3, 0.4) is 0 Å². The van der Waals surface area contributed by atoms with Crippen molar-refractivity contribution in [3.8, 4) is 0 Å². The Labute approximate surface area is 85.8 Å². The van der Waals surface area contributed by atoms with Gasteiger partial charge in [-0.25, -0.2) is 0 Å². The first-order valence-corrected chi connectivity index (χ1v) is 4.87. The fourth-order valence-electron chi connectivity index (χ4n) is 0.939. The van der Waals surface area contributed by atoms with Gasteiger partial charge in [-0.3, -0.25) is 0 Å². The zero-order valence-electron chi connectivity index (χ0n) is 7.52. The van der Waals surface area contributed by atoms with Gasteiger partial charge >= 0.3 is 0 Å². The summed E-state index contributed by atoms with van der Waals surface area (Å²) in [6, 6.07) is 0. The van der Waals surface area contributed by atoms with Crippen molar-refractivity contribution in [1.29, 1.82) is 0 Å². The summed E-state index contributed by atoms with van der Waals surface area (Å²) in [5.74, 6) is 0.426. The first kappa shape index (κ1) is 9.83. The highest BCUT2D eigenvalue weighted by atomic mass is 127. The topological polar surface area (TPSA) is 52.0 Å². The van der Waals surface area contributed by atoms with E-state index in [1.54, 1.807) is 0 Å². The van der Waals surface area contributed by atoms with Crippen LogP contribution in [0, 0.1) is 8.99 Å². The molecule has 0 aliphatic carbocycles. The van der Waals surface area contributed by atoms with E-state index in [0.29, 0.717) is 5.88 Å². The van der Waals surface area contributed by atoms with Gasteiger partial charge in [-0.2, -0.15) is 0 Å². The van der Waals surface area contributed by atoms with Crippen LogP contribution in [-0.2, 0) is 6.42 Å². The van der Waals surface area contributed by atoms with Crippen molar-refractivity contribution in [3.63, 3.8) is 0 Å². The lowest BCUT2D eigenvalue weighted by molar-refractivity contribution is 0.376. The second-order valence-electron chi connectivity index (χ2n) is 4.04. The van der Waals surface area contributed by atoms with E-state index in [1.807, 2.05) is 0 Å². The Balaban J connectivity index is 2.83. The molecule has 0 saturated carbocycles. The molecule has 0 aliphatic heterocycles. The van der Waals surface area contributed by atoms with E-state index < -0.39 is 0 Å². The fraction of sp³-hybridized carbons (Fsp3) is 0.625. The molecule has 12 heavy (non-hydrogen) atoms. The molecule has 0 aliphatic rings. The van der Waals surface area contributed by atoms with Crippen molar-refractivity contribution in [2.45, 2.75) is 27.2 Å². The Morgan fingerprint density at radius 2 is 2.08 bits per heavy atom. The molecular weight excluding hydrogens is 267 g/mol. The van der Waals surface area contributed by atoms with Crippen LogP contribution in [0.4, 0.5) is 5.88 Å². The van der Waals surface area contributed by atoms with Gasteiger partial charge in [0.2, 0.25) is 5.88 Å². The quantitative estimate of drug-likeness (QED) is 0.804. The summed E-state index contributed by atoms with van der Waals surface area (Å²) in [7, 11) is 0. The standard InChI is InChI=1S/C8H13IN2O/c1-8(2,3)4-5-6(9)7(10)12-11-5/h4,10H2,1-3H3. The van der Waals surface area contributed by atoms with Crippen LogP contribution in [0.2, 0.25) is 0 Å². The van der Waals surface area contributed by atoms with Gasteiger partial charge in [0.05, 0.1) is 5.69 Å². The number of nitrogens with zero attached hydrogens (tertiary/aromatic N) is 1. The lowest BCUT2D eigenvalue weighted by atomic mass is 9.91. The normalized spacial score (nSPS) is 12.0. The van der Waals surface area contributed by atoms with Crippen LogP contribution < -0.4 is 5.73 Å². The molecule has 1 rings (SSSR count). The van der Waals surface area contributed by atoms with Gasteiger partial charge in [0.15, 0.2) is 0 Å². The van der Waals surface area contributed by atoms with E-state index >= 15 is 0 Å². The third-order valence-corrected chi connectivity index (χ3v) is 2.58. The van der Waals surface area contributed by atoms with Crippen molar-refractivity contribution in [1.82, 2.24) is 5.16 Å². The Hall–Kier alpha value is -0.260. The van der Waals surface area contributed by atoms with Crippen LogP contribution in [-0.4, -0.2) is 5.16 Å². The highest BCUT2D eigenvalue weighted by Gasteiger charge is 2.18. The minimum Gasteiger partial charge on any atom is -0.367 e. The zero-order chi connectivity index (χ0) is 9.35. The van der Waals surface area contributed by atoms with Gasteiger partial charge in [0, 0.05) is 0 Å². The average molecular weight is 280 g/mol. The highest BCUT2D eigenvalue weighted by molar-refractivity contribution is 14.1. The molecule has 0 spiro atoms. The van der Waals surface area contributed by atoms with E-state index in [4.69, 9.17) is 10.3 Å². The van der Waals surface area contributed by atoms with Crippen LogP contribution in [0.15, 0.2) is 4.52 Å². The summed E-state index contributed by atoms with van der Waals surface area (Å²) < 4.78 is 5.81. The third-order valence-electron chi connectivity index (χ3n) is 1.42. The number of nitrogens with two attached hydrogens (primary N) is 1. The van der Waals surface area contributed by atoms with Crippen LogP contribution in [0.25, 0.3) is 0 Å². The third kappa shape index (κ3) is 2.36. The summed E-state index contributed by atoms with van der Waals surface area (Å²) in [5.41, 5.74) is 6.71. The van der Waals surface area contributed by atoms with E-state index in [9.17, 15) is 0 Å². The zero-order valence-corrected chi connectivity index (χ0v) is 9.68. The molecule has 1 aromatic heterocycles. The van der Waals surface area contributed by atoms with Crippen LogP contribution in [0.1, 0.15) is 26.5 Å². The Kier molecular flexibility index (Phi) is 2.65. The van der Waals surface area contributed by atoms with Gasteiger partial charge in [-0.1, -0.05) is 25.9 Å². The van der Waals surface area contributed by atoms with E-state index in [1.165, 1.54) is 0 Å². The minimum absolute atomic E-state index is 0.225. The lowest BCUT2D eigenvalue weighted by Crippen LogP contribution is -2.10. The predicted octanol–water partition coefficient (Wildman–Crippen LogP) is 2.45. The van der Waals surface area contributed by atoms with Crippen molar-refractivity contribution >= 4 is 28.5 Å². The second kappa shape index (κ2) is 3.24. The van der Waals surface area contributed by atoms with Crippen molar-refractivity contribution < 1.29 is 4.52 Å². The summed E-state index contributed by atoms with van der Waals surface area (Å²) in [4.78, 5) is 0. The molecule has 0 fully saturated rings. The predicted molar refractivity (Wildman–Crippen MR) is 56.8 cm³/mol. The first-order chi connectivity index (χ1) is 5.40. The first-order valence-electron chi connectivity index (χ1n) is 3.80. The molecule has 4 heteroatoms. The number of hydrogen-bond acceptors (Lipinski definition) is 3. The van der Waals surface area contributed by atoms with E-state index in [-0.39, 0.29) is 5.41 Å². The van der Waals surface area contributed by atoms with Gasteiger partial charge < -0.3 is 10.3 Å². The Morgan fingerprint density at radius 1 is 1.50 bits per heavy atom. The van der Waals surface area contributed by atoms with Gasteiger partial charge in [0.25, 0.3) is 0 Å². The molecule has 0 radical (unpaired) electrons. The minimum atomic E-state index is 0.225. The van der Waals surface area contributed by atoms with Gasteiger partial charge in [-0.15, -0.1) is 0 Å². The molecule has 3 nitrogen and oxygen atoms in total. The number of nitrogen functional groups attached to an aromatic ring is 1. The SMILES string of the molecule is CC(C)(C)Cc1noc(N)c1I. The van der Waals surface area contributed by atoms with Crippen molar-refractivity contribution in [2.75, 3.05) is 5.73 Å². The van der Waals surface area contributed by atoms with E-state index in [2.05, 4.69) is 48.5 Å². The molecule has 1 heterocycles. The maximum atomic E-state index is 5.52. The largest absolute Gasteiger partial charge is 0.367 e. The van der Waals surface area contributed by atoms with Crippen molar-refractivity contribution in [3.05, 3.63) is 9.26 Å². The summed E-state index contributed by atoms with van der Waals surface area (Å²) in [6.07, 6.45) is 0.895. The molecule has 0 aromatic carbocycles. The number of hydrogen-bond donors (Lipinski definition) is 1. The maximum Gasteiger partial charge on any atom is 0.235 e. The molecule has 0 unspecified atom stereocenters. The monoisotopic (exact) mass is 280 g/mol. The average Bonchev–Trinajstić information content (AvgIpc) is 2.16. The summed E-state index contributed by atoms with van der Waals surface area (Å²) >= 11 is 2.16. The molecule has 2 N–H and O–H groups in total. The Morgan fingerprint density at radius 3 is 2.42 bits per heavy atom. The number of halogens is 1. The number of aromatic nitrogens is 1. The van der Waals surface area contributed by atoms with Crippen molar-refractivity contribution in [2.24, 2.45) is 5.41 Å². The molecule has 1 aromatic rings. The second-order valence-corrected chi connectivity index (χ2v) is 5.12. The summed E-state index contributed by atoms with van der Waals surface area (Å²) in [5, 5.41) is 3.89. The maximum absolute atomic E-state index is 5.52. The number of rotatable bonds is 1. The molecule has 68 valence electrons. The molecular formula is C8H13IN2O. The van der Waals surface area contributed by atoms with Gasteiger partial charge in [0.1, 0.15) is 3.57 Å². The van der Waals surface area contributed by atoms with E-state index in [0.717, 1.165) is 15.7 Å². The van der Waals surface area contributed by atoms with Gasteiger partial charge in [-0.05, 0) is 34.4 Å². The molecule has 0 amide bonds. The molecule has 0 atom stereocenters.